The first-order valence-electron chi connectivity index (χ1n) is 8.99. The second-order valence-electron chi connectivity index (χ2n) is 6.67. The standard InChI is InChI=1S/C21H19F2N3O2/c1-28-11-3-10-26-20(14-4-2-5-16(23)12-14)17-18(24-25-19(17)21(26)27)13-6-8-15(22)9-7-13/h2,4-9,12,20H,3,10-11H2,1H3,(H,24,25). The maximum atomic E-state index is 13.9. The van der Waals surface area contributed by atoms with E-state index in [9.17, 15) is 13.6 Å². The van der Waals surface area contributed by atoms with Crippen molar-refractivity contribution in [3.05, 3.63) is 77.0 Å². The van der Waals surface area contributed by atoms with Gasteiger partial charge in [-0.1, -0.05) is 12.1 Å². The van der Waals surface area contributed by atoms with E-state index >= 15 is 0 Å². The Morgan fingerprint density at radius 3 is 2.64 bits per heavy atom. The summed E-state index contributed by atoms with van der Waals surface area (Å²) in [5.41, 5.74) is 2.97. The van der Waals surface area contributed by atoms with Crippen LogP contribution < -0.4 is 0 Å². The lowest BCUT2D eigenvalue weighted by molar-refractivity contribution is 0.0723. The number of hydrogen-bond acceptors (Lipinski definition) is 3. The molecule has 2 aromatic carbocycles. The molecule has 4 rings (SSSR count). The lowest BCUT2D eigenvalue weighted by Gasteiger charge is -2.26. The number of H-pyrrole nitrogens is 1. The molecule has 1 unspecified atom stereocenters. The number of nitrogens with one attached hydrogen (secondary N) is 1. The number of hydrogen-bond donors (Lipinski definition) is 1. The molecule has 0 aliphatic carbocycles. The Bertz CT molecular complexity index is 1000. The van der Waals surface area contributed by atoms with E-state index in [0.717, 1.165) is 0 Å². The van der Waals surface area contributed by atoms with Crippen LogP contribution in [0.5, 0.6) is 0 Å². The third-order valence-electron chi connectivity index (χ3n) is 4.89. The molecule has 1 aromatic heterocycles. The predicted molar refractivity (Wildman–Crippen MR) is 99.8 cm³/mol. The molecule has 0 saturated heterocycles. The second kappa shape index (κ2) is 7.52. The van der Waals surface area contributed by atoms with Gasteiger partial charge in [0.15, 0.2) is 0 Å². The predicted octanol–water partition coefficient (Wildman–Crippen LogP) is 3.94. The van der Waals surface area contributed by atoms with Crippen molar-refractivity contribution in [2.45, 2.75) is 12.5 Å². The molecule has 0 bridgehead atoms. The minimum absolute atomic E-state index is 0.193. The molecule has 1 amide bonds. The first-order chi connectivity index (χ1) is 13.6. The Morgan fingerprint density at radius 2 is 1.93 bits per heavy atom. The van der Waals surface area contributed by atoms with Crippen LogP contribution in [0.2, 0.25) is 0 Å². The molecular formula is C21H19F2N3O2. The summed E-state index contributed by atoms with van der Waals surface area (Å²) in [6.45, 7) is 0.968. The lowest BCUT2D eigenvalue weighted by Crippen LogP contribution is -2.31. The van der Waals surface area contributed by atoms with Crippen molar-refractivity contribution in [3.63, 3.8) is 0 Å². The van der Waals surface area contributed by atoms with Crippen molar-refractivity contribution in [3.8, 4) is 11.3 Å². The fourth-order valence-corrected chi connectivity index (χ4v) is 3.66. The van der Waals surface area contributed by atoms with Gasteiger partial charge in [0.2, 0.25) is 0 Å². The van der Waals surface area contributed by atoms with Crippen LogP contribution in [0.1, 0.15) is 34.1 Å². The highest BCUT2D eigenvalue weighted by atomic mass is 19.1. The normalized spacial score (nSPS) is 15.9. The number of halogens is 2. The Labute approximate surface area is 160 Å². The summed E-state index contributed by atoms with van der Waals surface area (Å²) in [7, 11) is 1.61. The van der Waals surface area contributed by atoms with E-state index in [1.54, 1.807) is 36.3 Å². The number of methoxy groups -OCH3 is 1. The van der Waals surface area contributed by atoms with Crippen LogP contribution >= 0.6 is 0 Å². The van der Waals surface area contributed by atoms with Gasteiger partial charge in [-0.05, 0) is 48.4 Å². The molecule has 5 nitrogen and oxygen atoms in total. The van der Waals surface area contributed by atoms with E-state index < -0.39 is 6.04 Å². The SMILES string of the molecule is COCCCN1C(=O)c2[nH]nc(-c3ccc(F)cc3)c2C1c1cccc(F)c1. The van der Waals surface area contributed by atoms with Gasteiger partial charge in [0, 0.05) is 31.4 Å². The highest BCUT2D eigenvalue weighted by Crippen LogP contribution is 2.42. The molecule has 1 aliphatic rings. The second-order valence-corrected chi connectivity index (χ2v) is 6.67. The van der Waals surface area contributed by atoms with E-state index in [-0.39, 0.29) is 17.5 Å². The summed E-state index contributed by atoms with van der Waals surface area (Å²) in [6.07, 6.45) is 0.650. The van der Waals surface area contributed by atoms with E-state index in [1.807, 2.05) is 0 Å². The third-order valence-corrected chi connectivity index (χ3v) is 4.89. The number of aromatic amines is 1. The molecule has 1 N–H and O–H groups in total. The van der Waals surface area contributed by atoms with Crippen molar-refractivity contribution in [1.82, 2.24) is 15.1 Å². The van der Waals surface area contributed by atoms with Crippen LogP contribution in [-0.2, 0) is 4.74 Å². The fourth-order valence-electron chi connectivity index (χ4n) is 3.66. The topological polar surface area (TPSA) is 58.2 Å². The largest absolute Gasteiger partial charge is 0.385 e. The molecule has 0 spiro atoms. The Kier molecular flexibility index (Phi) is 4.92. The van der Waals surface area contributed by atoms with E-state index in [2.05, 4.69) is 10.2 Å². The molecule has 0 fully saturated rings. The zero-order valence-electron chi connectivity index (χ0n) is 15.3. The summed E-state index contributed by atoms with van der Waals surface area (Å²) < 4.78 is 32.4. The van der Waals surface area contributed by atoms with Crippen LogP contribution in [0.3, 0.4) is 0 Å². The number of aromatic nitrogens is 2. The average molecular weight is 383 g/mol. The summed E-state index contributed by atoms with van der Waals surface area (Å²) in [5.74, 6) is -0.918. The fraction of sp³-hybridized carbons (Fsp3) is 0.238. The van der Waals surface area contributed by atoms with Crippen molar-refractivity contribution in [2.24, 2.45) is 0 Å². The zero-order valence-corrected chi connectivity index (χ0v) is 15.3. The van der Waals surface area contributed by atoms with Crippen LogP contribution in [0.4, 0.5) is 8.78 Å². The molecule has 2 heterocycles. The molecule has 0 saturated carbocycles. The van der Waals surface area contributed by atoms with Crippen LogP contribution in [0.15, 0.2) is 48.5 Å². The van der Waals surface area contributed by atoms with Gasteiger partial charge in [-0.2, -0.15) is 5.10 Å². The molecule has 7 heteroatoms. The van der Waals surface area contributed by atoms with Crippen LogP contribution in [0, 0.1) is 11.6 Å². The minimum atomic E-state index is -0.478. The van der Waals surface area contributed by atoms with Crippen molar-refractivity contribution in [1.29, 1.82) is 0 Å². The molecule has 144 valence electrons. The minimum Gasteiger partial charge on any atom is -0.385 e. The van der Waals surface area contributed by atoms with Gasteiger partial charge in [0.05, 0.1) is 11.7 Å². The molecular weight excluding hydrogens is 364 g/mol. The molecule has 0 radical (unpaired) electrons. The summed E-state index contributed by atoms with van der Waals surface area (Å²) >= 11 is 0. The van der Waals surface area contributed by atoms with E-state index in [1.165, 1.54) is 24.3 Å². The quantitative estimate of drug-likeness (QED) is 0.656. The van der Waals surface area contributed by atoms with Gasteiger partial charge < -0.3 is 9.64 Å². The Hall–Kier alpha value is -3.06. The monoisotopic (exact) mass is 383 g/mol. The van der Waals surface area contributed by atoms with Gasteiger partial charge in [-0.15, -0.1) is 0 Å². The maximum absolute atomic E-state index is 13.9. The number of fused-ring (bicyclic) bond motifs is 1. The number of nitrogens with zero attached hydrogens (tertiary/aromatic N) is 2. The zero-order chi connectivity index (χ0) is 19.7. The van der Waals surface area contributed by atoms with Gasteiger partial charge in [0.25, 0.3) is 5.91 Å². The summed E-state index contributed by atoms with van der Waals surface area (Å²) in [5, 5.41) is 7.13. The summed E-state index contributed by atoms with van der Waals surface area (Å²) in [6, 6.07) is 11.7. The van der Waals surface area contributed by atoms with E-state index in [0.29, 0.717) is 47.7 Å². The Morgan fingerprint density at radius 1 is 1.14 bits per heavy atom. The number of rotatable bonds is 6. The maximum Gasteiger partial charge on any atom is 0.273 e. The van der Waals surface area contributed by atoms with E-state index in [4.69, 9.17) is 4.74 Å². The van der Waals surface area contributed by atoms with Crippen LogP contribution in [-0.4, -0.2) is 41.3 Å². The lowest BCUT2D eigenvalue weighted by atomic mass is 9.96. The van der Waals surface area contributed by atoms with Gasteiger partial charge >= 0.3 is 0 Å². The first kappa shape index (κ1) is 18.3. The van der Waals surface area contributed by atoms with Gasteiger partial charge in [-0.3, -0.25) is 9.89 Å². The smallest absolute Gasteiger partial charge is 0.273 e. The highest BCUT2D eigenvalue weighted by Gasteiger charge is 2.41. The van der Waals surface area contributed by atoms with Crippen molar-refractivity contribution in [2.75, 3.05) is 20.3 Å². The molecule has 1 aliphatic heterocycles. The first-order valence-corrected chi connectivity index (χ1v) is 8.99. The third kappa shape index (κ3) is 3.18. The number of ether oxygens (including phenoxy) is 1. The number of benzene rings is 2. The molecule has 3 aromatic rings. The number of amides is 1. The average Bonchev–Trinajstić information content (AvgIpc) is 3.22. The van der Waals surface area contributed by atoms with Crippen LogP contribution in [0.25, 0.3) is 11.3 Å². The molecule has 28 heavy (non-hydrogen) atoms. The van der Waals surface area contributed by atoms with Gasteiger partial charge in [-0.25, -0.2) is 8.78 Å². The Balaban J connectivity index is 1.82. The number of carbonyl (C=O) groups excluding carboxylic acids is 1. The van der Waals surface area contributed by atoms with Gasteiger partial charge in [0.1, 0.15) is 17.3 Å². The summed E-state index contributed by atoms with van der Waals surface area (Å²) in [4.78, 5) is 14.7. The van der Waals surface area contributed by atoms with Crippen molar-refractivity contribution >= 4 is 5.91 Å². The highest BCUT2D eigenvalue weighted by molar-refractivity contribution is 6.00. The molecule has 1 atom stereocenters. The number of carbonyl (C=O) groups is 1. The van der Waals surface area contributed by atoms with Crippen molar-refractivity contribution < 1.29 is 18.3 Å².